The van der Waals surface area contributed by atoms with Crippen LogP contribution in [0, 0.1) is 0 Å². The van der Waals surface area contributed by atoms with Gasteiger partial charge in [-0.15, -0.1) is 0 Å². The number of nitrogens with one attached hydrogen (secondary N) is 2. The van der Waals surface area contributed by atoms with Gasteiger partial charge in [-0.05, 0) is 51.5 Å². The lowest BCUT2D eigenvalue weighted by Crippen LogP contribution is -2.46. The zero-order valence-electron chi connectivity index (χ0n) is 17.8. The summed E-state index contributed by atoms with van der Waals surface area (Å²) >= 11 is 3.29. The normalized spacial score (nSPS) is 11.9. The second-order valence-electron chi connectivity index (χ2n) is 7.85. The minimum absolute atomic E-state index is 0.163. The van der Waals surface area contributed by atoms with Gasteiger partial charge in [0, 0.05) is 22.7 Å². The minimum Gasteiger partial charge on any atom is -0.481 e. The van der Waals surface area contributed by atoms with E-state index >= 15 is 0 Å². The first kappa shape index (κ1) is 25.0. The van der Waals surface area contributed by atoms with Gasteiger partial charge < -0.3 is 20.5 Å². The van der Waals surface area contributed by atoms with Crippen LogP contribution in [0.3, 0.4) is 0 Å². The number of carboxylic acids is 1. The Morgan fingerprint density at radius 2 is 1.84 bits per heavy atom. The molecule has 0 fully saturated rings. The van der Waals surface area contributed by atoms with Crippen LogP contribution in [0.25, 0.3) is 0 Å². The molecule has 10 heteroatoms. The molecule has 2 rings (SSSR count). The number of pyridine rings is 1. The first-order valence-corrected chi connectivity index (χ1v) is 10.5. The van der Waals surface area contributed by atoms with Crippen LogP contribution in [0.4, 0.5) is 10.5 Å². The standard InChI is InChI=1S/C22H24BrN3O6/c1-22(2,3)32-21(31)26-16(8-9-18(27)28)20(30)25-15-7-5-4-6-14(15)19(29)17-12-13(23)10-11-24-17/h4-7,10-12,16H,8-9H2,1-3H3,(H,25,30)(H,26,31)(H,27,28). The number of carboxylic acid groups (broad SMARTS) is 1. The van der Waals surface area contributed by atoms with Crippen molar-refractivity contribution in [1.82, 2.24) is 10.3 Å². The topological polar surface area (TPSA) is 135 Å². The third-order valence-corrected chi connectivity index (χ3v) is 4.53. The molecule has 2 amide bonds. The molecule has 1 aromatic heterocycles. The van der Waals surface area contributed by atoms with E-state index in [0.29, 0.717) is 4.47 Å². The van der Waals surface area contributed by atoms with Gasteiger partial charge in [-0.25, -0.2) is 4.79 Å². The van der Waals surface area contributed by atoms with Gasteiger partial charge in [0.2, 0.25) is 11.7 Å². The van der Waals surface area contributed by atoms with E-state index in [0.717, 1.165) is 0 Å². The number of aliphatic carboxylic acids is 1. The number of ether oxygens (including phenoxy) is 1. The number of nitrogens with zero attached hydrogens (tertiary/aromatic N) is 1. The molecule has 3 N–H and O–H groups in total. The summed E-state index contributed by atoms with van der Waals surface area (Å²) in [6, 6.07) is 8.39. The number of carbonyl (C=O) groups is 4. The van der Waals surface area contributed by atoms with Crippen LogP contribution in [0.1, 0.15) is 49.7 Å². The molecule has 0 radical (unpaired) electrons. The Morgan fingerprint density at radius 1 is 1.16 bits per heavy atom. The van der Waals surface area contributed by atoms with Gasteiger partial charge >= 0.3 is 12.1 Å². The number of amides is 2. The molecule has 1 aromatic carbocycles. The molecule has 32 heavy (non-hydrogen) atoms. The molecule has 1 atom stereocenters. The summed E-state index contributed by atoms with van der Waals surface area (Å²) in [5.74, 6) is -2.21. The predicted octanol–water partition coefficient (Wildman–Crippen LogP) is 3.77. The summed E-state index contributed by atoms with van der Waals surface area (Å²) < 4.78 is 5.84. The van der Waals surface area contributed by atoms with E-state index in [4.69, 9.17) is 9.84 Å². The third-order valence-electron chi connectivity index (χ3n) is 4.04. The minimum atomic E-state index is -1.19. The quantitative estimate of drug-likeness (QED) is 0.464. The molecule has 0 aliphatic heterocycles. The van der Waals surface area contributed by atoms with Crippen molar-refractivity contribution in [3.8, 4) is 0 Å². The van der Waals surface area contributed by atoms with Crippen molar-refractivity contribution < 1.29 is 29.0 Å². The average molecular weight is 506 g/mol. The van der Waals surface area contributed by atoms with Gasteiger partial charge in [0.25, 0.3) is 0 Å². The zero-order valence-corrected chi connectivity index (χ0v) is 19.4. The van der Waals surface area contributed by atoms with Crippen LogP contribution in [0.15, 0.2) is 47.1 Å². The highest BCUT2D eigenvalue weighted by Crippen LogP contribution is 2.21. The Kier molecular flexibility index (Phi) is 8.48. The molecular weight excluding hydrogens is 482 g/mol. The molecule has 2 aromatic rings. The number of ketones is 1. The van der Waals surface area contributed by atoms with E-state index in [1.165, 1.54) is 18.3 Å². The zero-order chi connectivity index (χ0) is 23.9. The molecule has 0 aliphatic rings. The predicted molar refractivity (Wildman–Crippen MR) is 120 cm³/mol. The molecule has 1 heterocycles. The van der Waals surface area contributed by atoms with Crippen LogP contribution < -0.4 is 10.6 Å². The molecule has 0 bridgehead atoms. The van der Waals surface area contributed by atoms with Crippen LogP contribution in [0.2, 0.25) is 0 Å². The number of benzene rings is 1. The number of hydrogen-bond acceptors (Lipinski definition) is 6. The smallest absolute Gasteiger partial charge is 0.408 e. The molecule has 0 saturated heterocycles. The number of alkyl carbamates (subject to hydrolysis) is 1. The van der Waals surface area contributed by atoms with E-state index in [-0.39, 0.29) is 29.8 Å². The highest BCUT2D eigenvalue weighted by atomic mass is 79.9. The number of halogens is 1. The van der Waals surface area contributed by atoms with Crippen LogP contribution in [0.5, 0.6) is 0 Å². The lowest BCUT2D eigenvalue weighted by Gasteiger charge is -2.23. The van der Waals surface area contributed by atoms with Crippen molar-refractivity contribution in [1.29, 1.82) is 0 Å². The first-order valence-electron chi connectivity index (χ1n) is 9.74. The number of anilines is 1. The molecule has 0 spiro atoms. The van der Waals surface area contributed by atoms with Gasteiger partial charge in [0.05, 0.1) is 5.69 Å². The van der Waals surface area contributed by atoms with Gasteiger partial charge in [0.1, 0.15) is 17.3 Å². The Labute approximate surface area is 193 Å². The van der Waals surface area contributed by atoms with Gasteiger partial charge in [-0.2, -0.15) is 0 Å². The Balaban J connectivity index is 2.24. The van der Waals surface area contributed by atoms with Gasteiger partial charge in [0.15, 0.2) is 0 Å². The van der Waals surface area contributed by atoms with E-state index in [9.17, 15) is 19.2 Å². The Hall–Kier alpha value is -3.27. The average Bonchev–Trinajstić information content (AvgIpc) is 2.69. The summed E-state index contributed by atoms with van der Waals surface area (Å²) in [4.78, 5) is 53.0. The highest BCUT2D eigenvalue weighted by molar-refractivity contribution is 9.10. The van der Waals surface area contributed by atoms with Crippen LogP contribution >= 0.6 is 15.9 Å². The van der Waals surface area contributed by atoms with Crippen molar-refractivity contribution in [3.05, 3.63) is 58.3 Å². The molecular formula is C22H24BrN3O6. The van der Waals surface area contributed by atoms with E-state index in [1.807, 2.05) is 0 Å². The fourth-order valence-corrected chi connectivity index (χ4v) is 3.00. The summed E-state index contributed by atoms with van der Waals surface area (Å²) in [7, 11) is 0. The SMILES string of the molecule is CC(C)(C)OC(=O)NC(CCC(=O)O)C(=O)Nc1ccccc1C(=O)c1cc(Br)ccn1. The molecule has 9 nitrogen and oxygen atoms in total. The highest BCUT2D eigenvalue weighted by Gasteiger charge is 2.26. The van der Waals surface area contributed by atoms with Gasteiger partial charge in [-0.1, -0.05) is 28.1 Å². The van der Waals surface area contributed by atoms with Crippen molar-refractivity contribution in [2.75, 3.05) is 5.32 Å². The second-order valence-corrected chi connectivity index (χ2v) is 8.77. The first-order chi connectivity index (χ1) is 15.0. The Bertz CT molecular complexity index is 1020. The maximum Gasteiger partial charge on any atom is 0.408 e. The maximum atomic E-state index is 12.9. The largest absolute Gasteiger partial charge is 0.481 e. The monoisotopic (exact) mass is 505 g/mol. The Morgan fingerprint density at radius 3 is 2.47 bits per heavy atom. The summed E-state index contributed by atoms with van der Waals surface area (Å²) in [5.41, 5.74) is -0.222. The number of hydrogen-bond donors (Lipinski definition) is 3. The number of para-hydroxylation sites is 1. The molecule has 0 aliphatic carbocycles. The van der Waals surface area contributed by atoms with Crippen molar-refractivity contribution in [3.63, 3.8) is 0 Å². The maximum absolute atomic E-state index is 12.9. The fourth-order valence-electron chi connectivity index (χ4n) is 2.66. The summed E-state index contributed by atoms with van der Waals surface area (Å²) in [5, 5.41) is 14.0. The van der Waals surface area contributed by atoms with Crippen molar-refractivity contribution in [2.45, 2.75) is 45.3 Å². The lowest BCUT2D eigenvalue weighted by atomic mass is 10.0. The molecule has 1 unspecified atom stereocenters. The fraction of sp³-hybridized carbons (Fsp3) is 0.318. The van der Waals surface area contributed by atoms with E-state index < -0.39 is 35.4 Å². The van der Waals surface area contributed by atoms with Crippen molar-refractivity contribution in [2.24, 2.45) is 0 Å². The lowest BCUT2D eigenvalue weighted by molar-refractivity contribution is -0.137. The molecule has 170 valence electrons. The van der Waals surface area contributed by atoms with E-state index in [2.05, 4.69) is 31.5 Å². The number of carbonyl (C=O) groups excluding carboxylic acids is 3. The number of rotatable bonds is 8. The summed E-state index contributed by atoms with van der Waals surface area (Å²) in [6.07, 6.45) is 0.108. The van der Waals surface area contributed by atoms with Crippen LogP contribution in [-0.2, 0) is 14.3 Å². The van der Waals surface area contributed by atoms with Crippen molar-refractivity contribution >= 4 is 45.4 Å². The molecule has 0 saturated carbocycles. The van der Waals surface area contributed by atoms with Crippen LogP contribution in [-0.4, -0.2) is 45.5 Å². The number of aromatic nitrogens is 1. The third kappa shape index (κ3) is 7.77. The van der Waals surface area contributed by atoms with Gasteiger partial charge in [-0.3, -0.25) is 19.4 Å². The second kappa shape index (κ2) is 10.9. The van der Waals surface area contributed by atoms with E-state index in [1.54, 1.807) is 45.0 Å². The summed E-state index contributed by atoms with van der Waals surface area (Å²) in [6.45, 7) is 4.99.